The van der Waals surface area contributed by atoms with E-state index >= 15 is 0 Å². The molecule has 2 heterocycles. The zero-order valence-electron chi connectivity index (χ0n) is 21.0. The van der Waals surface area contributed by atoms with E-state index in [4.69, 9.17) is 9.59 Å². The monoisotopic (exact) mass is 547 g/mol. The van der Waals surface area contributed by atoms with E-state index < -0.39 is 32.5 Å². The third-order valence-corrected chi connectivity index (χ3v) is 7.80. The Morgan fingerprint density at radius 3 is 2.24 bits per heavy atom. The number of pyridine rings is 2. The molecule has 2 aromatic heterocycles. The molecule has 1 saturated carbocycles. The molecule has 0 atom stereocenters. The van der Waals surface area contributed by atoms with E-state index in [1.165, 1.54) is 12.1 Å². The second kappa shape index (κ2) is 12.3. The summed E-state index contributed by atoms with van der Waals surface area (Å²) in [4.78, 5) is 24.8. The number of aryl methyl sites for hydroxylation is 1. The molecule has 0 bridgehead atoms. The third kappa shape index (κ3) is 7.05. The number of sulfonamides is 1. The predicted octanol–water partition coefficient (Wildman–Crippen LogP) is 6.24. The highest BCUT2D eigenvalue weighted by atomic mass is 32.2. The Morgan fingerprint density at radius 1 is 0.947 bits per heavy atom. The highest BCUT2D eigenvalue weighted by Crippen LogP contribution is 2.38. The normalized spacial score (nSPS) is 17.6. The average molecular weight is 548 g/mol. The van der Waals surface area contributed by atoms with Crippen LogP contribution < -0.4 is 4.72 Å². The van der Waals surface area contributed by atoms with Crippen LogP contribution >= 0.6 is 0 Å². The van der Waals surface area contributed by atoms with Gasteiger partial charge in [-0.25, -0.2) is 9.97 Å². The zero-order chi connectivity index (χ0) is 27.9. The maximum Gasteiger partial charge on any atom is 0.418 e. The number of carbonyl (C=O) groups excluding carboxylic acids is 2. The molecule has 0 unspecified atom stereocenters. The topological polar surface area (TPSA) is 106 Å². The summed E-state index contributed by atoms with van der Waals surface area (Å²) in [5.74, 6) is 1.06. The van der Waals surface area contributed by atoms with Gasteiger partial charge in [0.05, 0.1) is 11.3 Å². The standard InChI is InChI=1S/C26H28F3N3O2S.CO2/c1-3-18-7-4-5-8-20(18)25-21(26(27,28)29)15-16-24(31-25)35(33,34)32-23-10-6-9-22(30-23)19-13-11-17(2)12-14-19;2-1-3/h4-10,15-17,19H,3,11-14H2,1-2H3,(H,30,32);. The number of benzene rings is 1. The van der Waals surface area contributed by atoms with Gasteiger partial charge in [-0.15, -0.1) is 0 Å². The quantitative estimate of drug-likeness (QED) is 0.392. The van der Waals surface area contributed by atoms with Crippen LogP contribution in [0.15, 0.2) is 59.6 Å². The molecule has 1 N–H and O–H groups in total. The molecule has 0 radical (unpaired) electrons. The molecule has 0 amide bonds. The lowest BCUT2D eigenvalue weighted by atomic mass is 9.81. The predicted molar refractivity (Wildman–Crippen MR) is 134 cm³/mol. The van der Waals surface area contributed by atoms with Crippen molar-refractivity contribution in [2.45, 2.75) is 63.1 Å². The van der Waals surface area contributed by atoms with E-state index in [2.05, 4.69) is 21.6 Å². The highest BCUT2D eigenvalue weighted by molar-refractivity contribution is 7.92. The van der Waals surface area contributed by atoms with Crippen molar-refractivity contribution in [1.82, 2.24) is 9.97 Å². The van der Waals surface area contributed by atoms with E-state index in [0.29, 0.717) is 17.9 Å². The van der Waals surface area contributed by atoms with Gasteiger partial charge in [-0.3, -0.25) is 4.72 Å². The third-order valence-electron chi connectivity index (χ3n) is 6.55. The van der Waals surface area contributed by atoms with Gasteiger partial charge < -0.3 is 0 Å². The Bertz CT molecular complexity index is 1400. The van der Waals surface area contributed by atoms with Crippen LogP contribution in [0.1, 0.15) is 62.3 Å². The van der Waals surface area contributed by atoms with Crippen LogP contribution in [0.2, 0.25) is 0 Å². The first-order valence-corrected chi connectivity index (χ1v) is 13.6. The summed E-state index contributed by atoms with van der Waals surface area (Å²) in [6, 6.07) is 13.4. The maximum atomic E-state index is 13.8. The minimum absolute atomic E-state index is 0.123. The van der Waals surface area contributed by atoms with Crippen molar-refractivity contribution in [3.05, 3.63) is 71.4 Å². The molecule has 38 heavy (non-hydrogen) atoms. The second-order valence-corrected chi connectivity index (χ2v) is 10.8. The number of halogens is 3. The summed E-state index contributed by atoms with van der Waals surface area (Å²) in [5, 5.41) is -0.495. The molecular weight excluding hydrogens is 519 g/mol. The van der Waals surface area contributed by atoms with Crippen molar-refractivity contribution in [2.75, 3.05) is 4.72 Å². The van der Waals surface area contributed by atoms with Crippen molar-refractivity contribution in [3.63, 3.8) is 0 Å². The highest BCUT2D eigenvalue weighted by Gasteiger charge is 2.36. The zero-order valence-corrected chi connectivity index (χ0v) is 21.8. The van der Waals surface area contributed by atoms with Crippen LogP contribution in [-0.4, -0.2) is 24.5 Å². The molecule has 3 aromatic rings. The number of nitrogens with one attached hydrogen (secondary N) is 1. The Morgan fingerprint density at radius 2 is 1.61 bits per heavy atom. The summed E-state index contributed by atoms with van der Waals surface area (Å²) in [6.45, 7) is 4.04. The fourth-order valence-electron chi connectivity index (χ4n) is 4.57. The Hall–Kier alpha value is -3.56. The molecule has 202 valence electrons. The lowest BCUT2D eigenvalue weighted by Crippen LogP contribution is -2.18. The summed E-state index contributed by atoms with van der Waals surface area (Å²) < 4.78 is 70.0. The van der Waals surface area contributed by atoms with Crippen molar-refractivity contribution in [1.29, 1.82) is 0 Å². The summed E-state index contributed by atoms with van der Waals surface area (Å²) in [5.41, 5.74) is 0.324. The number of nitrogens with zero attached hydrogens (tertiary/aromatic N) is 2. The minimum atomic E-state index is -4.69. The SMILES string of the molecule is CCc1ccccc1-c1nc(S(=O)(=O)Nc2cccc(C3CCC(C)CC3)n2)ccc1C(F)(F)F.O=C=O. The average Bonchev–Trinajstić information content (AvgIpc) is 2.88. The molecule has 0 aliphatic heterocycles. The fraction of sp³-hybridized carbons (Fsp3) is 0.370. The maximum absolute atomic E-state index is 13.8. The Kier molecular flexibility index (Phi) is 9.40. The molecule has 11 heteroatoms. The van der Waals surface area contributed by atoms with E-state index in [-0.39, 0.29) is 23.5 Å². The number of alkyl halides is 3. The van der Waals surface area contributed by atoms with Gasteiger partial charge >= 0.3 is 12.3 Å². The van der Waals surface area contributed by atoms with E-state index in [0.717, 1.165) is 43.5 Å². The molecule has 1 fully saturated rings. The lowest BCUT2D eigenvalue weighted by Gasteiger charge is -2.25. The number of rotatable bonds is 6. The van der Waals surface area contributed by atoms with Gasteiger partial charge in [0, 0.05) is 17.2 Å². The van der Waals surface area contributed by atoms with Gasteiger partial charge in [0.15, 0.2) is 5.03 Å². The van der Waals surface area contributed by atoms with Gasteiger partial charge in [-0.2, -0.15) is 31.2 Å². The largest absolute Gasteiger partial charge is 0.418 e. The van der Waals surface area contributed by atoms with Crippen molar-refractivity contribution < 1.29 is 31.2 Å². The van der Waals surface area contributed by atoms with Crippen LogP contribution in [0.3, 0.4) is 0 Å². The van der Waals surface area contributed by atoms with E-state index in [1.807, 2.05) is 13.0 Å². The smallest absolute Gasteiger partial charge is 0.262 e. The van der Waals surface area contributed by atoms with Crippen LogP contribution in [0.4, 0.5) is 19.0 Å². The van der Waals surface area contributed by atoms with Crippen LogP contribution in [0.25, 0.3) is 11.3 Å². The number of hydrogen-bond acceptors (Lipinski definition) is 6. The van der Waals surface area contributed by atoms with E-state index in [9.17, 15) is 21.6 Å². The first kappa shape index (κ1) is 29.0. The molecule has 1 aliphatic rings. The number of hydrogen-bond donors (Lipinski definition) is 1. The van der Waals surface area contributed by atoms with Gasteiger partial charge in [0.2, 0.25) is 0 Å². The Labute approximate surface area is 219 Å². The molecule has 7 nitrogen and oxygen atoms in total. The molecule has 1 aromatic carbocycles. The molecule has 0 spiro atoms. The lowest BCUT2D eigenvalue weighted by molar-refractivity contribution is -0.191. The van der Waals surface area contributed by atoms with Gasteiger partial charge in [-0.1, -0.05) is 57.0 Å². The fourth-order valence-corrected chi connectivity index (χ4v) is 5.52. The Balaban J connectivity index is 0.00000127. The first-order chi connectivity index (χ1) is 18.0. The summed E-state index contributed by atoms with van der Waals surface area (Å²) >= 11 is 0. The van der Waals surface area contributed by atoms with Crippen LogP contribution in [0, 0.1) is 5.92 Å². The van der Waals surface area contributed by atoms with E-state index in [1.54, 1.807) is 24.3 Å². The van der Waals surface area contributed by atoms with Gasteiger partial charge in [0.1, 0.15) is 5.82 Å². The molecule has 1 aliphatic carbocycles. The van der Waals surface area contributed by atoms with Crippen molar-refractivity contribution in [3.8, 4) is 11.3 Å². The van der Waals surface area contributed by atoms with Crippen LogP contribution in [0.5, 0.6) is 0 Å². The van der Waals surface area contributed by atoms with Gasteiger partial charge in [0.25, 0.3) is 10.0 Å². The summed E-state index contributed by atoms with van der Waals surface area (Å²) in [6.07, 6.45) is 0.211. The molecule has 0 saturated heterocycles. The molecule has 4 rings (SSSR count). The van der Waals surface area contributed by atoms with Crippen molar-refractivity contribution in [2.24, 2.45) is 5.92 Å². The van der Waals surface area contributed by atoms with Crippen molar-refractivity contribution >= 4 is 22.0 Å². The number of anilines is 1. The minimum Gasteiger partial charge on any atom is -0.262 e. The second-order valence-electron chi connectivity index (χ2n) is 9.15. The number of aromatic nitrogens is 2. The molecular formula is C27H28F3N3O4S. The van der Waals surface area contributed by atoms with Crippen LogP contribution in [-0.2, 0) is 32.2 Å². The summed E-state index contributed by atoms with van der Waals surface area (Å²) in [7, 11) is -4.27. The van der Waals surface area contributed by atoms with Gasteiger partial charge in [-0.05, 0) is 55.0 Å². The first-order valence-electron chi connectivity index (χ1n) is 12.2.